The van der Waals surface area contributed by atoms with Crippen LogP contribution in [0.2, 0.25) is 0 Å². The molecule has 0 bridgehead atoms. The van der Waals surface area contributed by atoms with Crippen LogP contribution >= 0.6 is 11.3 Å². The number of nitrogens with zero attached hydrogens (tertiary/aromatic N) is 1. The summed E-state index contributed by atoms with van der Waals surface area (Å²) in [4.78, 5) is 5.00. The molecule has 2 aromatic rings. The fraction of sp³-hybridized carbons (Fsp3) is 0.100. The molecule has 0 spiro atoms. The smallest absolute Gasteiger partial charge is 0.247 e. The van der Waals surface area contributed by atoms with Crippen LogP contribution in [0.4, 0.5) is 0 Å². The number of primary sulfonamides is 1. The summed E-state index contributed by atoms with van der Waals surface area (Å²) in [6, 6.07) is 7.03. The van der Waals surface area contributed by atoms with Crippen molar-refractivity contribution in [3.63, 3.8) is 0 Å². The highest BCUT2D eigenvalue weighted by Gasteiger charge is 2.11. The number of pyridine rings is 1. The lowest BCUT2D eigenvalue weighted by Gasteiger charge is -1.96. The Bertz CT molecular complexity index is 600. The van der Waals surface area contributed by atoms with Gasteiger partial charge in [0.2, 0.25) is 10.0 Å². The van der Waals surface area contributed by atoms with Gasteiger partial charge in [-0.2, -0.15) is 0 Å². The van der Waals surface area contributed by atoms with Gasteiger partial charge in [0.05, 0.1) is 0 Å². The van der Waals surface area contributed by atoms with Gasteiger partial charge in [-0.25, -0.2) is 13.6 Å². The minimum absolute atomic E-state index is 0.170. The molecule has 0 aliphatic heterocycles. The van der Waals surface area contributed by atoms with Crippen molar-refractivity contribution in [1.29, 1.82) is 0 Å². The van der Waals surface area contributed by atoms with Crippen LogP contribution in [0.15, 0.2) is 34.7 Å². The molecule has 16 heavy (non-hydrogen) atoms. The highest BCUT2D eigenvalue weighted by Crippen LogP contribution is 2.29. The molecule has 84 valence electrons. The molecule has 0 radical (unpaired) electrons. The molecule has 0 saturated carbocycles. The van der Waals surface area contributed by atoms with E-state index >= 15 is 0 Å². The molecule has 2 heterocycles. The Morgan fingerprint density at radius 1 is 1.25 bits per heavy atom. The molecule has 0 unspecified atom stereocenters. The number of aromatic nitrogens is 1. The van der Waals surface area contributed by atoms with Gasteiger partial charge in [0.15, 0.2) is 0 Å². The Labute approximate surface area is 97.8 Å². The van der Waals surface area contributed by atoms with Crippen molar-refractivity contribution in [2.75, 3.05) is 0 Å². The predicted molar refractivity (Wildman–Crippen MR) is 63.7 cm³/mol. The minimum atomic E-state index is -3.60. The molecule has 0 saturated heterocycles. The topological polar surface area (TPSA) is 73.1 Å². The molecule has 2 aromatic heterocycles. The Balaban J connectivity index is 2.43. The third-order valence-electron chi connectivity index (χ3n) is 2.06. The maximum absolute atomic E-state index is 11.1. The van der Waals surface area contributed by atoms with Crippen molar-refractivity contribution in [3.8, 4) is 10.4 Å². The number of hydrogen-bond acceptors (Lipinski definition) is 4. The van der Waals surface area contributed by atoms with Gasteiger partial charge in [0.1, 0.15) is 4.21 Å². The second-order valence-electron chi connectivity index (χ2n) is 3.35. The number of thiophene rings is 1. The maximum Gasteiger partial charge on any atom is 0.247 e. The van der Waals surface area contributed by atoms with Gasteiger partial charge in [-0.1, -0.05) is 6.07 Å². The molecule has 2 rings (SSSR count). The lowest BCUT2D eigenvalue weighted by Crippen LogP contribution is -2.09. The first-order valence-corrected chi connectivity index (χ1v) is 6.89. The standard InChI is InChI=1S/C10H10N2O2S2/c1-7-2-3-8(6-12-7)9-4-5-10(15-9)16(11,13)14/h2-6H,1H3,(H2,11,13,14). The van der Waals surface area contributed by atoms with Crippen LogP contribution in [0, 0.1) is 6.92 Å². The van der Waals surface area contributed by atoms with Crippen molar-refractivity contribution in [2.45, 2.75) is 11.1 Å². The molecule has 0 aliphatic carbocycles. The van der Waals surface area contributed by atoms with Crippen LogP contribution in [-0.4, -0.2) is 13.4 Å². The first-order valence-electron chi connectivity index (χ1n) is 4.52. The monoisotopic (exact) mass is 254 g/mol. The van der Waals surface area contributed by atoms with Crippen molar-refractivity contribution in [3.05, 3.63) is 36.2 Å². The van der Waals surface area contributed by atoms with Crippen LogP contribution in [0.3, 0.4) is 0 Å². The fourth-order valence-corrected chi connectivity index (χ4v) is 2.96. The van der Waals surface area contributed by atoms with Gasteiger partial charge in [0.25, 0.3) is 0 Å². The van der Waals surface area contributed by atoms with E-state index in [1.54, 1.807) is 12.3 Å². The first kappa shape index (κ1) is 11.3. The van der Waals surface area contributed by atoms with Gasteiger partial charge in [-0.15, -0.1) is 11.3 Å². The lowest BCUT2D eigenvalue weighted by molar-refractivity contribution is 0.600. The molecule has 0 fully saturated rings. The number of aryl methyl sites for hydroxylation is 1. The number of sulfonamides is 1. The molecule has 0 aromatic carbocycles. The highest BCUT2D eigenvalue weighted by atomic mass is 32.2. The summed E-state index contributed by atoms with van der Waals surface area (Å²) in [7, 11) is -3.60. The SMILES string of the molecule is Cc1ccc(-c2ccc(S(N)(=O)=O)s2)cn1. The molecule has 6 heteroatoms. The van der Waals surface area contributed by atoms with Gasteiger partial charge < -0.3 is 0 Å². The Kier molecular flexibility index (Phi) is 2.79. The van der Waals surface area contributed by atoms with E-state index in [9.17, 15) is 8.42 Å². The average molecular weight is 254 g/mol. The van der Waals surface area contributed by atoms with Crippen molar-refractivity contribution in [1.82, 2.24) is 4.98 Å². The Morgan fingerprint density at radius 3 is 2.50 bits per heavy atom. The van der Waals surface area contributed by atoms with Crippen molar-refractivity contribution in [2.24, 2.45) is 5.14 Å². The van der Waals surface area contributed by atoms with Gasteiger partial charge in [0, 0.05) is 22.3 Å². The highest BCUT2D eigenvalue weighted by molar-refractivity contribution is 7.91. The van der Waals surface area contributed by atoms with Crippen LogP contribution in [0.5, 0.6) is 0 Å². The largest absolute Gasteiger partial charge is 0.261 e. The van der Waals surface area contributed by atoms with Gasteiger partial charge in [-0.3, -0.25) is 4.98 Å². The average Bonchev–Trinajstić information content (AvgIpc) is 2.67. The molecule has 0 atom stereocenters. The first-order chi connectivity index (χ1) is 7.47. The fourth-order valence-electron chi connectivity index (χ4n) is 1.24. The molecular formula is C10H10N2O2S2. The third-order valence-corrected chi connectivity index (χ3v) is 4.63. The van der Waals surface area contributed by atoms with Crippen LogP contribution < -0.4 is 5.14 Å². The third kappa shape index (κ3) is 2.29. The van der Waals surface area contributed by atoms with Gasteiger partial charge >= 0.3 is 0 Å². The van der Waals surface area contributed by atoms with E-state index in [0.717, 1.165) is 27.5 Å². The van der Waals surface area contributed by atoms with E-state index in [2.05, 4.69) is 4.98 Å². The number of rotatable bonds is 2. The zero-order chi connectivity index (χ0) is 11.8. The molecule has 0 aliphatic rings. The maximum atomic E-state index is 11.1. The Hall–Kier alpha value is -1.24. The van der Waals surface area contributed by atoms with Crippen LogP contribution in [0.25, 0.3) is 10.4 Å². The van der Waals surface area contributed by atoms with E-state index in [0.29, 0.717) is 0 Å². The predicted octanol–water partition coefficient (Wildman–Crippen LogP) is 1.77. The van der Waals surface area contributed by atoms with E-state index in [1.165, 1.54) is 6.07 Å². The molecule has 0 amide bonds. The minimum Gasteiger partial charge on any atom is -0.261 e. The zero-order valence-corrected chi connectivity index (χ0v) is 10.2. The normalized spacial score (nSPS) is 11.6. The summed E-state index contributed by atoms with van der Waals surface area (Å²) in [5.74, 6) is 0. The Morgan fingerprint density at radius 2 is 2.00 bits per heavy atom. The summed E-state index contributed by atoms with van der Waals surface area (Å²) in [5.41, 5.74) is 1.82. The summed E-state index contributed by atoms with van der Waals surface area (Å²) >= 11 is 1.15. The second kappa shape index (κ2) is 3.97. The number of hydrogen-bond donors (Lipinski definition) is 1. The molecule has 2 N–H and O–H groups in total. The van der Waals surface area contributed by atoms with Gasteiger partial charge in [-0.05, 0) is 25.1 Å². The summed E-state index contributed by atoms with van der Waals surface area (Å²) in [6.45, 7) is 1.90. The van der Waals surface area contributed by atoms with E-state index < -0.39 is 10.0 Å². The van der Waals surface area contributed by atoms with E-state index in [4.69, 9.17) is 5.14 Å². The quantitative estimate of drug-likeness (QED) is 0.887. The van der Waals surface area contributed by atoms with Crippen LogP contribution in [-0.2, 0) is 10.0 Å². The summed E-state index contributed by atoms with van der Waals surface area (Å²) in [5, 5.41) is 5.04. The van der Waals surface area contributed by atoms with E-state index in [-0.39, 0.29) is 4.21 Å². The van der Waals surface area contributed by atoms with E-state index in [1.807, 2.05) is 19.1 Å². The van der Waals surface area contributed by atoms with Crippen molar-refractivity contribution < 1.29 is 8.42 Å². The summed E-state index contributed by atoms with van der Waals surface area (Å²) in [6.07, 6.45) is 1.72. The summed E-state index contributed by atoms with van der Waals surface area (Å²) < 4.78 is 22.4. The lowest BCUT2D eigenvalue weighted by atomic mass is 10.2. The number of nitrogens with two attached hydrogens (primary N) is 1. The zero-order valence-electron chi connectivity index (χ0n) is 8.54. The molecule has 4 nitrogen and oxygen atoms in total. The van der Waals surface area contributed by atoms with Crippen LogP contribution in [0.1, 0.15) is 5.69 Å². The molecular weight excluding hydrogens is 244 g/mol. The van der Waals surface area contributed by atoms with Crippen molar-refractivity contribution >= 4 is 21.4 Å². The second-order valence-corrected chi connectivity index (χ2v) is 6.22.